The molecule has 17 heavy (non-hydrogen) atoms. The number of halogens is 2. The van der Waals surface area contributed by atoms with Gasteiger partial charge in [-0.2, -0.15) is 0 Å². The van der Waals surface area contributed by atoms with Crippen LogP contribution in [0.25, 0.3) is 0 Å². The molecule has 0 saturated carbocycles. The Morgan fingerprint density at radius 1 is 1.35 bits per heavy atom. The van der Waals surface area contributed by atoms with Gasteiger partial charge < -0.3 is 10.3 Å². The first-order valence-electron chi connectivity index (χ1n) is 5.19. The third-order valence-corrected chi connectivity index (χ3v) is 2.87. The van der Waals surface area contributed by atoms with Crippen LogP contribution >= 0.6 is 0 Å². The fourth-order valence-electron chi connectivity index (χ4n) is 1.72. The highest BCUT2D eigenvalue weighted by molar-refractivity contribution is 5.29. The van der Waals surface area contributed by atoms with Gasteiger partial charge in [0.05, 0.1) is 17.9 Å². The standard InChI is InChI=1S/C12H13F2N3/c1-7-16-6-11(17(7)2)12(15)9-4-3-8(13)5-10(9)14/h3-6,12H,15H2,1-2H3. The minimum absolute atomic E-state index is 0.259. The van der Waals surface area contributed by atoms with E-state index in [1.54, 1.807) is 17.8 Å². The second-order valence-electron chi connectivity index (χ2n) is 3.93. The first kappa shape index (κ1) is 11.7. The Hall–Kier alpha value is -1.75. The number of imidazole rings is 1. The molecule has 0 saturated heterocycles. The highest BCUT2D eigenvalue weighted by Crippen LogP contribution is 2.22. The summed E-state index contributed by atoms with van der Waals surface area (Å²) in [6, 6.07) is 2.74. The van der Waals surface area contributed by atoms with Gasteiger partial charge in [-0.3, -0.25) is 0 Å². The van der Waals surface area contributed by atoms with E-state index >= 15 is 0 Å². The number of rotatable bonds is 2. The van der Waals surface area contributed by atoms with E-state index < -0.39 is 17.7 Å². The molecule has 3 nitrogen and oxygen atoms in total. The lowest BCUT2D eigenvalue weighted by molar-refractivity contribution is 0.561. The normalized spacial score (nSPS) is 12.8. The smallest absolute Gasteiger partial charge is 0.131 e. The molecule has 1 heterocycles. The lowest BCUT2D eigenvalue weighted by Crippen LogP contribution is -2.17. The molecule has 1 aromatic heterocycles. The number of hydrogen-bond acceptors (Lipinski definition) is 2. The van der Waals surface area contributed by atoms with Gasteiger partial charge in [0.2, 0.25) is 0 Å². The second kappa shape index (κ2) is 4.25. The van der Waals surface area contributed by atoms with Crippen molar-refractivity contribution in [3.8, 4) is 0 Å². The summed E-state index contributed by atoms with van der Waals surface area (Å²) in [6.07, 6.45) is 1.60. The predicted octanol–water partition coefficient (Wildman–Crippen LogP) is 2.05. The Bertz CT molecular complexity index is 549. The van der Waals surface area contributed by atoms with Crippen LogP contribution in [0.5, 0.6) is 0 Å². The molecule has 5 heteroatoms. The summed E-state index contributed by atoms with van der Waals surface area (Å²) >= 11 is 0. The molecule has 2 aromatic rings. The lowest BCUT2D eigenvalue weighted by atomic mass is 10.0. The number of nitrogens with two attached hydrogens (primary N) is 1. The van der Waals surface area contributed by atoms with Crippen molar-refractivity contribution >= 4 is 0 Å². The zero-order chi connectivity index (χ0) is 12.6. The number of nitrogens with zero attached hydrogens (tertiary/aromatic N) is 2. The van der Waals surface area contributed by atoms with Crippen molar-refractivity contribution in [2.24, 2.45) is 12.8 Å². The molecule has 0 aliphatic rings. The van der Waals surface area contributed by atoms with Gasteiger partial charge in [0, 0.05) is 18.7 Å². The first-order chi connectivity index (χ1) is 8.00. The third kappa shape index (κ3) is 2.06. The number of benzene rings is 1. The van der Waals surface area contributed by atoms with Crippen LogP contribution in [0.2, 0.25) is 0 Å². The Kier molecular flexibility index (Phi) is 2.93. The summed E-state index contributed by atoms with van der Waals surface area (Å²) in [7, 11) is 1.80. The van der Waals surface area contributed by atoms with Crippen LogP contribution in [0.1, 0.15) is 23.1 Å². The van der Waals surface area contributed by atoms with E-state index in [1.165, 1.54) is 12.1 Å². The van der Waals surface area contributed by atoms with Crippen molar-refractivity contribution in [3.63, 3.8) is 0 Å². The molecule has 1 atom stereocenters. The number of aryl methyl sites for hydroxylation is 1. The summed E-state index contributed by atoms with van der Waals surface area (Å²) in [5, 5.41) is 0. The van der Waals surface area contributed by atoms with Crippen LogP contribution < -0.4 is 5.73 Å². The summed E-state index contributed by atoms with van der Waals surface area (Å²) in [5.41, 5.74) is 6.90. The van der Waals surface area contributed by atoms with E-state index in [4.69, 9.17) is 5.73 Å². The van der Waals surface area contributed by atoms with Crippen LogP contribution in [0.3, 0.4) is 0 Å². The van der Waals surface area contributed by atoms with Crippen LogP contribution in [-0.2, 0) is 7.05 Å². The minimum Gasteiger partial charge on any atom is -0.334 e. The van der Waals surface area contributed by atoms with Gasteiger partial charge in [-0.05, 0) is 13.0 Å². The fourth-order valence-corrected chi connectivity index (χ4v) is 1.72. The minimum atomic E-state index is -0.651. The van der Waals surface area contributed by atoms with Gasteiger partial charge in [0.15, 0.2) is 0 Å². The quantitative estimate of drug-likeness (QED) is 0.868. The van der Waals surface area contributed by atoms with Crippen molar-refractivity contribution in [2.45, 2.75) is 13.0 Å². The average molecular weight is 237 g/mol. The van der Waals surface area contributed by atoms with E-state index in [-0.39, 0.29) is 5.56 Å². The maximum Gasteiger partial charge on any atom is 0.131 e. The van der Waals surface area contributed by atoms with Crippen molar-refractivity contribution in [1.82, 2.24) is 9.55 Å². The Morgan fingerprint density at radius 3 is 2.59 bits per heavy atom. The Labute approximate surface area is 97.9 Å². The molecule has 0 amide bonds. The highest BCUT2D eigenvalue weighted by atomic mass is 19.1. The van der Waals surface area contributed by atoms with Crippen LogP contribution in [0, 0.1) is 18.6 Å². The number of aromatic nitrogens is 2. The molecule has 0 fully saturated rings. The molecular formula is C12H13F2N3. The van der Waals surface area contributed by atoms with Gasteiger partial charge in [-0.1, -0.05) is 6.07 Å². The predicted molar refractivity (Wildman–Crippen MR) is 60.3 cm³/mol. The Balaban J connectivity index is 2.43. The van der Waals surface area contributed by atoms with E-state index in [0.29, 0.717) is 5.69 Å². The zero-order valence-electron chi connectivity index (χ0n) is 9.61. The van der Waals surface area contributed by atoms with Crippen molar-refractivity contribution in [2.75, 3.05) is 0 Å². The topological polar surface area (TPSA) is 43.8 Å². The van der Waals surface area contributed by atoms with Crippen LogP contribution in [0.15, 0.2) is 24.4 Å². The highest BCUT2D eigenvalue weighted by Gasteiger charge is 2.17. The zero-order valence-corrected chi connectivity index (χ0v) is 9.61. The van der Waals surface area contributed by atoms with Gasteiger partial charge >= 0.3 is 0 Å². The van der Waals surface area contributed by atoms with E-state index in [9.17, 15) is 8.78 Å². The SMILES string of the molecule is Cc1ncc(C(N)c2ccc(F)cc2F)n1C. The van der Waals surface area contributed by atoms with Gasteiger partial charge in [-0.25, -0.2) is 13.8 Å². The van der Waals surface area contributed by atoms with Gasteiger partial charge in [0.1, 0.15) is 17.5 Å². The summed E-state index contributed by atoms with van der Waals surface area (Å²) in [6.45, 7) is 1.83. The maximum atomic E-state index is 13.6. The van der Waals surface area contributed by atoms with Gasteiger partial charge in [0.25, 0.3) is 0 Å². The molecular weight excluding hydrogens is 224 g/mol. The monoisotopic (exact) mass is 237 g/mol. The molecule has 1 aromatic carbocycles. The third-order valence-electron chi connectivity index (χ3n) is 2.87. The molecule has 0 spiro atoms. The molecule has 0 aliphatic heterocycles. The molecule has 1 unspecified atom stereocenters. The van der Waals surface area contributed by atoms with E-state index in [2.05, 4.69) is 4.98 Å². The second-order valence-corrected chi connectivity index (χ2v) is 3.93. The van der Waals surface area contributed by atoms with E-state index in [1.807, 2.05) is 6.92 Å². The van der Waals surface area contributed by atoms with Gasteiger partial charge in [-0.15, -0.1) is 0 Å². The average Bonchev–Trinajstić information content (AvgIpc) is 2.59. The molecule has 2 N–H and O–H groups in total. The largest absolute Gasteiger partial charge is 0.334 e. The van der Waals surface area contributed by atoms with Crippen molar-refractivity contribution < 1.29 is 8.78 Å². The van der Waals surface area contributed by atoms with E-state index in [0.717, 1.165) is 11.9 Å². The molecule has 0 bridgehead atoms. The van der Waals surface area contributed by atoms with Crippen molar-refractivity contribution in [3.05, 3.63) is 53.1 Å². The molecule has 0 radical (unpaired) electrons. The number of hydrogen-bond donors (Lipinski definition) is 1. The van der Waals surface area contributed by atoms with Crippen molar-refractivity contribution in [1.29, 1.82) is 0 Å². The molecule has 2 rings (SSSR count). The first-order valence-corrected chi connectivity index (χ1v) is 5.19. The maximum absolute atomic E-state index is 13.6. The van der Waals surface area contributed by atoms with Crippen LogP contribution in [0.4, 0.5) is 8.78 Å². The van der Waals surface area contributed by atoms with Crippen LogP contribution in [-0.4, -0.2) is 9.55 Å². The summed E-state index contributed by atoms with van der Waals surface area (Å²) in [5.74, 6) is -0.464. The lowest BCUT2D eigenvalue weighted by Gasteiger charge is -2.14. The fraction of sp³-hybridized carbons (Fsp3) is 0.250. The summed E-state index contributed by atoms with van der Waals surface area (Å²) in [4.78, 5) is 4.10. The molecule has 0 aliphatic carbocycles. The summed E-state index contributed by atoms with van der Waals surface area (Å²) < 4.78 is 28.2. The molecule has 90 valence electrons. The Morgan fingerprint density at radius 2 is 2.06 bits per heavy atom.